The number of benzene rings is 2. The van der Waals surface area contributed by atoms with Crippen molar-refractivity contribution in [3.63, 3.8) is 0 Å². The third kappa shape index (κ3) is 5.06. The van der Waals surface area contributed by atoms with Crippen molar-refractivity contribution < 1.29 is 19.1 Å². The fraction of sp³-hybridized carbons (Fsp3) is 0.462. The summed E-state index contributed by atoms with van der Waals surface area (Å²) in [5.74, 6) is 1.98. The van der Waals surface area contributed by atoms with Crippen LogP contribution in [-0.2, 0) is 0 Å². The predicted molar refractivity (Wildman–Crippen MR) is 123 cm³/mol. The second-order valence-corrected chi connectivity index (χ2v) is 8.77. The number of piperidine rings is 1. The van der Waals surface area contributed by atoms with Crippen LogP contribution in [0, 0.1) is 12.8 Å². The number of rotatable bonds is 6. The van der Waals surface area contributed by atoms with E-state index in [0.29, 0.717) is 18.7 Å². The first-order chi connectivity index (χ1) is 15.5. The number of hydrogen-bond acceptors (Lipinski definition) is 4. The zero-order valence-corrected chi connectivity index (χ0v) is 19.0. The molecule has 2 aliphatic rings. The minimum absolute atomic E-state index is 0.0691. The molecule has 0 radical (unpaired) electrons. The van der Waals surface area contributed by atoms with E-state index in [9.17, 15) is 9.59 Å². The van der Waals surface area contributed by atoms with Gasteiger partial charge in [0.15, 0.2) is 0 Å². The minimum Gasteiger partial charge on any atom is -0.497 e. The van der Waals surface area contributed by atoms with Gasteiger partial charge in [-0.25, -0.2) is 0 Å². The first-order valence-corrected chi connectivity index (χ1v) is 11.5. The molecule has 2 aliphatic heterocycles. The molecule has 0 saturated carbocycles. The van der Waals surface area contributed by atoms with E-state index in [2.05, 4.69) is 0 Å². The van der Waals surface area contributed by atoms with Gasteiger partial charge in [0, 0.05) is 43.2 Å². The summed E-state index contributed by atoms with van der Waals surface area (Å²) in [5, 5.41) is 0. The second kappa shape index (κ2) is 10.1. The lowest BCUT2D eigenvalue weighted by molar-refractivity contribution is 0.0632. The molecule has 2 saturated heterocycles. The summed E-state index contributed by atoms with van der Waals surface area (Å²) in [6.07, 6.45) is 4.19. The van der Waals surface area contributed by atoms with E-state index in [0.717, 1.165) is 67.9 Å². The van der Waals surface area contributed by atoms with E-state index >= 15 is 0 Å². The molecular weight excluding hydrogens is 404 g/mol. The first-order valence-electron chi connectivity index (χ1n) is 11.5. The third-order valence-corrected chi connectivity index (χ3v) is 6.45. The van der Waals surface area contributed by atoms with Gasteiger partial charge < -0.3 is 19.3 Å². The summed E-state index contributed by atoms with van der Waals surface area (Å²) in [6, 6.07) is 13.0. The zero-order chi connectivity index (χ0) is 22.5. The van der Waals surface area contributed by atoms with Crippen LogP contribution in [-0.4, -0.2) is 61.5 Å². The highest BCUT2D eigenvalue weighted by Gasteiger charge is 2.26. The molecule has 0 bridgehead atoms. The number of aryl methyl sites for hydroxylation is 1. The Morgan fingerprint density at radius 3 is 2.28 bits per heavy atom. The van der Waals surface area contributed by atoms with Crippen molar-refractivity contribution in [3.8, 4) is 11.5 Å². The van der Waals surface area contributed by atoms with Crippen molar-refractivity contribution in [3.05, 3.63) is 59.2 Å². The van der Waals surface area contributed by atoms with Gasteiger partial charge in [-0.05, 0) is 80.6 Å². The van der Waals surface area contributed by atoms with Crippen molar-refractivity contribution in [2.75, 3.05) is 39.9 Å². The molecule has 1 atom stereocenters. The predicted octanol–water partition coefficient (Wildman–Crippen LogP) is 4.17. The standard InChI is InChI=1S/C26H32N2O4/c1-19-16-23(31-2)11-12-24(19)26(30)28-15-5-6-20(17-28)18-32-22-9-7-21(8-10-22)25(29)27-13-3-4-14-27/h7-12,16,20H,3-6,13-15,17-18H2,1-2H3. The maximum atomic E-state index is 13.1. The summed E-state index contributed by atoms with van der Waals surface area (Å²) < 4.78 is 11.3. The number of amides is 2. The summed E-state index contributed by atoms with van der Waals surface area (Å²) in [5.41, 5.74) is 2.37. The molecule has 2 fully saturated rings. The molecule has 1 unspecified atom stereocenters. The van der Waals surface area contributed by atoms with Crippen LogP contribution >= 0.6 is 0 Å². The molecule has 0 aliphatic carbocycles. The van der Waals surface area contributed by atoms with Gasteiger partial charge in [-0.2, -0.15) is 0 Å². The molecule has 6 nitrogen and oxygen atoms in total. The van der Waals surface area contributed by atoms with Crippen LogP contribution in [0.15, 0.2) is 42.5 Å². The van der Waals surface area contributed by atoms with Crippen LogP contribution in [0.1, 0.15) is 52.0 Å². The number of nitrogens with zero attached hydrogens (tertiary/aromatic N) is 2. The zero-order valence-electron chi connectivity index (χ0n) is 19.0. The first kappa shape index (κ1) is 22.2. The topological polar surface area (TPSA) is 59.1 Å². The molecule has 2 aromatic carbocycles. The maximum Gasteiger partial charge on any atom is 0.254 e. The molecule has 4 rings (SSSR count). The van der Waals surface area contributed by atoms with Gasteiger partial charge >= 0.3 is 0 Å². The van der Waals surface area contributed by atoms with Crippen LogP contribution in [0.3, 0.4) is 0 Å². The van der Waals surface area contributed by atoms with Gasteiger partial charge in [0.1, 0.15) is 11.5 Å². The summed E-state index contributed by atoms with van der Waals surface area (Å²) >= 11 is 0. The van der Waals surface area contributed by atoms with Crippen molar-refractivity contribution in [2.45, 2.75) is 32.6 Å². The smallest absolute Gasteiger partial charge is 0.254 e. The van der Waals surface area contributed by atoms with Crippen molar-refractivity contribution in [1.82, 2.24) is 9.80 Å². The number of hydrogen-bond donors (Lipinski definition) is 0. The third-order valence-electron chi connectivity index (χ3n) is 6.45. The quantitative estimate of drug-likeness (QED) is 0.682. The monoisotopic (exact) mass is 436 g/mol. The average Bonchev–Trinajstić information content (AvgIpc) is 3.37. The van der Waals surface area contributed by atoms with Crippen molar-refractivity contribution in [2.24, 2.45) is 5.92 Å². The van der Waals surface area contributed by atoms with E-state index in [-0.39, 0.29) is 17.7 Å². The van der Waals surface area contributed by atoms with Gasteiger partial charge in [0.25, 0.3) is 11.8 Å². The molecule has 32 heavy (non-hydrogen) atoms. The lowest BCUT2D eigenvalue weighted by Gasteiger charge is -2.33. The number of ether oxygens (including phenoxy) is 2. The Morgan fingerprint density at radius 2 is 1.59 bits per heavy atom. The molecule has 2 heterocycles. The van der Waals surface area contributed by atoms with Gasteiger partial charge in [-0.3, -0.25) is 9.59 Å². The Morgan fingerprint density at radius 1 is 0.906 bits per heavy atom. The molecule has 6 heteroatoms. The number of methoxy groups -OCH3 is 1. The number of carbonyl (C=O) groups is 2. The molecule has 170 valence electrons. The molecule has 2 amide bonds. The van der Waals surface area contributed by atoms with Gasteiger partial charge in [0.2, 0.25) is 0 Å². The molecule has 2 aromatic rings. The Balaban J connectivity index is 1.31. The van der Waals surface area contributed by atoms with E-state index in [1.54, 1.807) is 7.11 Å². The summed E-state index contributed by atoms with van der Waals surface area (Å²) in [6.45, 7) is 5.67. The highest BCUT2D eigenvalue weighted by Crippen LogP contribution is 2.24. The van der Waals surface area contributed by atoms with Gasteiger partial charge in [-0.15, -0.1) is 0 Å². The minimum atomic E-state index is 0.0691. The van der Waals surface area contributed by atoms with E-state index < -0.39 is 0 Å². The highest BCUT2D eigenvalue weighted by molar-refractivity contribution is 5.96. The van der Waals surface area contributed by atoms with E-state index in [4.69, 9.17) is 9.47 Å². The summed E-state index contributed by atoms with van der Waals surface area (Å²) in [4.78, 5) is 29.4. The lowest BCUT2D eigenvalue weighted by atomic mass is 9.97. The number of likely N-dealkylation sites (tertiary alicyclic amines) is 2. The van der Waals surface area contributed by atoms with Crippen molar-refractivity contribution in [1.29, 1.82) is 0 Å². The Labute approximate surface area is 190 Å². The van der Waals surface area contributed by atoms with Crippen LogP contribution in [0.4, 0.5) is 0 Å². The number of carbonyl (C=O) groups excluding carboxylic acids is 2. The second-order valence-electron chi connectivity index (χ2n) is 8.77. The van der Waals surface area contributed by atoms with E-state index in [1.165, 1.54) is 0 Å². The van der Waals surface area contributed by atoms with Crippen molar-refractivity contribution >= 4 is 11.8 Å². The fourth-order valence-electron chi connectivity index (χ4n) is 4.57. The van der Waals surface area contributed by atoms with E-state index in [1.807, 2.05) is 59.2 Å². The van der Waals surface area contributed by atoms with Gasteiger partial charge in [-0.1, -0.05) is 0 Å². The Hall–Kier alpha value is -3.02. The normalized spacial score (nSPS) is 18.5. The average molecular weight is 437 g/mol. The molecule has 0 N–H and O–H groups in total. The molecular formula is C26H32N2O4. The Bertz CT molecular complexity index is 951. The largest absolute Gasteiger partial charge is 0.497 e. The van der Waals surface area contributed by atoms with Crippen LogP contribution in [0.2, 0.25) is 0 Å². The molecule has 0 aromatic heterocycles. The SMILES string of the molecule is COc1ccc(C(=O)N2CCCC(COc3ccc(C(=O)N4CCCC4)cc3)C2)c(C)c1. The van der Waals surface area contributed by atoms with Crippen LogP contribution in [0.5, 0.6) is 11.5 Å². The fourth-order valence-corrected chi connectivity index (χ4v) is 4.57. The Kier molecular flexibility index (Phi) is 6.98. The van der Waals surface area contributed by atoms with Crippen LogP contribution in [0.25, 0.3) is 0 Å². The van der Waals surface area contributed by atoms with Gasteiger partial charge in [0.05, 0.1) is 13.7 Å². The van der Waals surface area contributed by atoms with Crippen LogP contribution < -0.4 is 9.47 Å². The summed E-state index contributed by atoms with van der Waals surface area (Å²) in [7, 11) is 1.63. The lowest BCUT2D eigenvalue weighted by Crippen LogP contribution is -2.41. The maximum absolute atomic E-state index is 13.1. The molecule has 0 spiro atoms. The highest BCUT2D eigenvalue weighted by atomic mass is 16.5.